The van der Waals surface area contributed by atoms with Gasteiger partial charge in [0, 0.05) is 6.54 Å². The summed E-state index contributed by atoms with van der Waals surface area (Å²) in [5, 5.41) is 14.6. The molecule has 1 amide bonds. The van der Waals surface area contributed by atoms with Crippen molar-refractivity contribution < 1.29 is 24.2 Å². The lowest BCUT2D eigenvalue weighted by Gasteiger charge is -2.21. The molecule has 0 unspecified atom stereocenters. The lowest BCUT2D eigenvalue weighted by Crippen LogP contribution is -2.41. The molecular weight excluding hydrogens is 368 g/mol. The van der Waals surface area contributed by atoms with Gasteiger partial charge in [-0.25, -0.2) is 4.79 Å². The molecule has 1 aliphatic carbocycles. The van der Waals surface area contributed by atoms with Crippen molar-refractivity contribution in [1.82, 2.24) is 10.6 Å². The zero-order chi connectivity index (χ0) is 20.2. The fourth-order valence-electron chi connectivity index (χ4n) is 2.63. The number of aliphatic carboxylic acids is 1. The van der Waals surface area contributed by atoms with Crippen LogP contribution in [0.4, 0.5) is 0 Å². The molecule has 0 aromatic heterocycles. The normalized spacial score (nSPS) is 15.0. The molecular formula is C19H28N2O5S. The lowest BCUT2D eigenvalue weighted by molar-refractivity contribution is -0.141. The van der Waals surface area contributed by atoms with Crippen LogP contribution in [-0.2, 0) is 19.1 Å². The van der Waals surface area contributed by atoms with Crippen LogP contribution in [0.3, 0.4) is 0 Å². The fourth-order valence-corrected chi connectivity index (χ4v) is 3.73. The van der Waals surface area contributed by atoms with Crippen LogP contribution >= 0.6 is 11.8 Å². The highest BCUT2D eigenvalue weighted by molar-refractivity contribution is 8.03. The quantitative estimate of drug-likeness (QED) is 0.201. The Labute approximate surface area is 164 Å². The number of ether oxygens (including phenoxy) is 1. The Morgan fingerprint density at radius 3 is 2.67 bits per heavy atom. The highest BCUT2D eigenvalue weighted by atomic mass is 32.2. The van der Waals surface area contributed by atoms with E-state index in [2.05, 4.69) is 23.8 Å². The number of carbonyl (C=O) groups is 3. The summed E-state index contributed by atoms with van der Waals surface area (Å²) >= 11 is 1.45. The largest absolute Gasteiger partial charge is 0.480 e. The molecule has 8 heteroatoms. The number of amides is 1. The van der Waals surface area contributed by atoms with Crippen LogP contribution in [0.15, 0.2) is 35.3 Å². The zero-order valence-corrected chi connectivity index (χ0v) is 16.5. The molecule has 0 saturated carbocycles. The van der Waals surface area contributed by atoms with Crippen LogP contribution in [0.2, 0.25) is 0 Å². The third kappa shape index (κ3) is 8.01. The van der Waals surface area contributed by atoms with Crippen LogP contribution in [0.25, 0.3) is 0 Å². The van der Waals surface area contributed by atoms with Crippen molar-refractivity contribution in [2.24, 2.45) is 0 Å². The number of rotatable bonds is 12. The first-order valence-electron chi connectivity index (χ1n) is 8.95. The van der Waals surface area contributed by atoms with Crippen molar-refractivity contribution in [3.05, 3.63) is 35.3 Å². The predicted octanol–water partition coefficient (Wildman–Crippen LogP) is 2.36. The Balaban J connectivity index is 2.59. The van der Waals surface area contributed by atoms with Gasteiger partial charge >= 0.3 is 11.9 Å². The van der Waals surface area contributed by atoms with E-state index in [1.54, 1.807) is 6.92 Å². The Morgan fingerprint density at radius 1 is 1.33 bits per heavy atom. The smallest absolute Gasteiger partial charge is 0.337 e. The third-order valence-electron chi connectivity index (χ3n) is 4.02. The average molecular weight is 397 g/mol. The van der Waals surface area contributed by atoms with E-state index >= 15 is 0 Å². The van der Waals surface area contributed by atoms with Gasteiger partial charge in [0.25, 0.3) is 0 Å². The Kier molecular flexibility index (Phi) is 10.5. The third-order valence-corrected chi connectivity index (χ3v) is 5.10. The predicted molar refractivity (Wildman–Crippen MR) is 106 cm³/mol. The molecule has 150 valence electrons. The van der Waals surface area contributed by atoms with Gasteiger partial charge < -0.3 is 20.5 Å². The minimum absolute atomic E-state index is 0.162. The molecule has 0 bridgehead atoms. The van der Waals surface area contributed by atoms with E-state index < -0.39 is 18.0 Å². The second kappa shape index (κ2) is 12.3. The number of carboxylic acids is 1. The Hall–Kier alpha value is -2.06. The minimum Gasteiger partial charge on any atom is -0.480 e. The Bertz CT molecular complexity index is 615. The summed E-state index contributed by atoms with van der Waals surface area (Å²) < 4.78 is 5.03. The first-order valence-corrected chi connectivity index (χ1v) is 9.94. The van der Waals surface area contributed by atoms with Gasteiger partial charge in [0.05, 0.1) is 24.5 Å². The number of nitrogens with one attached hydrogen (secondary N) is 2. The maximum Gasteiger partial charge on any atom is 0.337 e. The molecule has 0 aromatic carbocycles. The van der Waals surface area contributed by atoms with Gasteiger partial charge in [-0.2, -0.15) is 0 Å². The number of carbonyl (C=O) groups excluding carboxylic acids is 2. The molecule has 0 saturated heterocycles. The number of esters is 1. The van der Waals surface area contributed by atoms with E-state index in [4.69, 9.17) is 9.84 Å². The summed E-state index contributed by atoms with van der Waals surface area (Å²) in [6, 6.07) is -0.957. The summed E-state index contributed by atoms with van der Waals surface area (Å²) in [4.78, 5) is 36.1. The van der Waals surface area contributed by atoms with E-state index in [-0.39, 0.29) is 12.3 Å². The van der Waals surface area contributed by atoms with Crippen molar-refractivity contribution in [1.29, 1.82) is 0 Å². The molecule has 0 radical (unpaired) electrons. The number of carboxylic acid groups (broad SMARTS) is 1. The van der Waals surface area contributed by atoms with Crippen molar-refractivity contribution in [3.8, 4) is 0 Å². The molecule has 1 atom stereocenters. The van der Waals surface area contributed by atoms with Crippen molar-refractivity contribution >= 4 is 29.6 Å². The standard InChI is InChI=1S/C19H28N2O5S/c1-4-10-20-15(18(23)24)11-17(22)21-12-27-16-9-7-6-8-14(16)13(3)19(25)26-5-2/h4,15,20H,1,3,5-12H2,2H3,(H,21,22)(H,23,24)/t15-/m0/s1. The molecule has 0 spiro atoms. The summed E-state index contributed by atoms with van der Waals surface area (Å²) in [6.07, 6.45) is 4.97. The summed E-state index contributed by atoms with van der Waals surface area (Å²) in [6.45, 7) is 9.74. The van der Waals surface area contributed by atoms with Crippen LogP contribution in [0.1, 0.15) is 39.0 Å². The SMILES string of the molecule is C=CCN[C@@H](CC(=O)NCSC1=C(C(=C)C(=O)OCC)CCCC1)C(=O)O. The van der Waals surface area contributed by atoms with E-state index in [1.807, 2.05) is 0 Å². The van der Waals surface area contributed by atoms with E-state index in [1.165, 1.54) is 17.8 Å². The van der Waals surface area contributed by atoms with Gasteiger partial charge in [-0.15, -0.1) is 18.3 Å². The molecule has 0 heterocycles. The first kappa shape index (κ1) is 23.0. The second-order valence-electron chi connectivity index (χ2n) is 5.99. The van der Waals surface area contributed by atoms with Gasteiger partial charge in [0.15, 0.2) is 0 Å². The first-order chi connectivity index (χ1) is 12.9. The summed E-state index contributed by atoms with van der Waals surface area (Å²) in [5.74, 6) is -1.54. The molecule has 3 N–H and O–H groups in total. The number of hydrogen-bond acceptors (Lipinski definition) is 6. The zero-order valence-electron chi connectivity index (χ0n) is 15.7. The molecule has 0 aliphatic heterocycles. The Morgan fingerprint density at radius 2 is 2.04 bits per heavy atom. The van der Waals surface area contributed by atoms with E-state index in [0.717, 1.165) is 36.2 Å². The van der Waals surface area contributed by atoms with Crippen molar-refractivity contribution in [2.45, 2.75) is 45.1 Å². The van der Waals surface area contributed by atoms with Gasteiger partial charge in [-0.05, 0) is 43.1 Å². The van der Waals surface area contributed by atoms with Gasteiger partial charge in [-0.1, -0.05) is 12.7 Å². The monoisotopic (exact) mass is 396 g/mol. The molecule has 0 fully saturated rings. The molecule has 7 nitrogen and oxygen atoms in total. The highest BCUT2D eigenvalue weighted by Gasteiger charge is 2.22. The maximum atomic E-state index is 12.0. The van der Waals surface area contributed by atoms with Crippen LogP contribution < -0.4 is 10.6 Å². The fraction of sp³-hybridized carbons (Fsp3) is 0.526. The van der Waals surface area contributed by atoms with E-state index in [9.17, 15) is 14.4 Å². The lowest BCUT2D eigenvalue weighted by atomic mass is 9.94. The molecule has 1 aliphatic rings. The second-order valence-corrected chi connectivity index (χ2v) is 7.06. The summed E-state index contributed by atoms with van der Waals surface area (Å²) in [7, 11) is 0. The van der Waals surface area contributed by atoms with Crippen LogP contribution in [0.5, 0.6) is 0 Å². The molecule has 1 rings (SSSR count). The van der Waals surface area contributed by atoms with E-state index in [0.29, 0.717) is 24.6 Å². The molecule has 27 heavy (non-hydrogen) atoms. The van der Waals surface area contributed by atoms with Gasteiger partial charge in [0.1, 0.15) is 6.04 Å². The number of allylic oxidation sites excluding steroid dienone is 1. The van der Waals surface area contributed by atoms with Crippen LogP contribution in [0, 0.1) is 0 Å². The molecule has 0 aromatic rings. The average Bonchev–Trinajstić information content (AvgIpc) is 2.64. The number of thioether (sulfide) groups is 1. The van der Waals surface area contributed by atoms with Crippen molar-refractivity contribution in [3.63, 3.8) is 0 Å². The number of hydrogen-bond donors (Lipinski definition) is 3. The topological polar surface area (TPSA) is 105 Å². The maximum absolute atomic E-state index is 12.0. The summed E-state index contributed by atoms with van der Waals surface area (Å²) in [5.41, 5.74) is 1.28. The van der Waals surface area contributed by atoms with Gasteiger partial charge in [0.2, 0.25) is 5.91 Å². The van der Waals surface area contributed by atoms with Gasteiger partial charge in [-0.3, -0.25) is 9.59 Å². The highest BCUT2D eigenvalue weighted by Crippen LogP contribution is 2.36. The van der Waals surface area contributed by atoms with Crippen molar-refractivity contribution in [2.75, 3.05) is 19.0 Å². The van der Waals surface area contributed by atoms with Crippen LogP contribution in [-0.4, -0.2) is 48.0 Å². The minimum atomic E-state index is -1.08.